The van der Waals surface area contributed by atoms with Crippen molar-refractivity contribution in [2.24, 2.45) is 0 Å². The first-order valence-corrected chi connectivity index (χ1v) is 6.18. The summed E-state index contributed by atoms with van der Waals surface area (Å²) in [7, 11) is 0. The molecule has 1 radical (unpaired) electrons. The quantitative estimate of drug-likeness (QED) is 0.702. The van der Waals surface area contributed by atoms with Crippen molar-refractivity contribution in [1.29, 1.82) is 0 Å². The molecule has 0 aliphatic rings. The van der Waals surface area contributed by atoms with Gasteiger partial charge in [-0.1, -0.05) is 12.6 Å². The zero-order chi connectivity index (χ0) is 9.23. The molecule has 1 aromatic heterocycles. The molecule has 0 fully saturated rings. The van der Waals surface area contributed by atoms with Gasteiger partial charge in [0.2, 0.25) is 0 Å². The summed E-state index contributed by atoms with van der Waals surface area (Å²) in [5.74, 6) is 5.24. The first-order valence-electron chi connectivity index (χ1n) is 3.87. The molecular weight excluding hydrogens is 163 g/mol. The van der Waals surface area contributed by atoms with Crippen molar-refractivity contribution in [2.75, 3.05) is 5.32 Å². The Hall–Kier alpha value is -0.778. The zero-order valence-corrected chi connectivity index (χ0v) is 8.77. The van der Waals surface area contributed by atoms with E-state index in [1.54, 1.807) is 12.4 Å². The lowest BCUT2D eigenvalue weighted by Crippen LogP contribution is -1.87. The van der Waals surface area contributed by atoms with Crippen LogP contribution < -0.4 is 5.32 Å². The van der Waals surface area contributed by atoms with Crippen LogP contribution >= 0.6 is 0 Å². The van der Waals surface area contributed by atoms with E-state index in [4.69, 9.17) is 0 Å². The molecule has 0 bridgehead atoms. The molecule has 0 spiro atoms. The predicted octanol–water partition coefficient (Wildman–Crippen LogP) is 2.42. The van der Waals surface area contributed by atoms with E-state index in [0.29, 0.717) is 0 Å². The lowest BCUT2D eigenvalue weighted by Gasteiger charge is -1.94. The van der Waals surface area contributed by atoms with Gasteiger partial charge in [0.05, 0.1) is 0 Å². The molecule has 1 N–H and O–H groups in total. The van der Waals surface area contributed by atoms with Crippen LogP contribution in [0.25, 0.3) is 0 Å². The third kappa shape index (κ3) is 5.97. The van der Waals surface area contributed by atoms with Crippen LogP contribution in [0.4, 0.5) is 5.82 Å². The Morgan fingerprint density at radius 2 is 2.17 bits per heavy atom. The summed E-state index contributed by atoms with van der Waals surface area (Å²) in [6, 6.07) is 5.66. The fraction of sp³-hybridized carbons (Fsp3) is 0.222. The van der Waals surface area contributed by atoms with Crippen LogP contribution in [0, 0.1) is 0 Å². The summed E-state index contributed by atoms with van der Waals surface area (Å²) in [5.41, 5.74) is 0. The van der Waals surface area contributed by atoms with Crippen molar-refractivity contribution in [3.8, 4) is 0 Å². The van der Waals surface area contributed by atoms with E-state index in [1.165, 1.54) is 0 Å². The average molecular weight is 177 g/mol. The molecule has 0 atom stereocenters. The van der Waals surface area contributed by atoms with E-state index in [0.717, 1.165) is 21.0 Å². The Kier molecular flexibility index (Phi) is 7.78. The van der Waals surface area contributed by atoms with Crippen LogP contribution in [0.2, 0.25) is 11.6 Å². The van der Waals surface area contributed by atoms with Crippen LogP contribution in [0.15, 0.2) is 37.2 Å². The van der Waals surface area contributed by atoms with Gasteiger partial charge in [-0.05, 0) is 18.3 Å². The minimum Gasteiger partial charge on any atom is -0.347 e. The topological polar surface area (TPSA) is 24.9 Å². The van der Waals surface area contributed by atoms with Gasteiger partial charge in [-0.15, -0.1) is 11.6 Å². The maximum atomic E-state index is 3.99. The fourth-order valence-electron chi connectivity index (χ4n) is 0.553. The summed E-state index contributed by atoms with van der Waals surface area (Å²) >= 11 is 0.750. The smallest absolute Gasteiger partial charge is 0.191 e. The second kappa shape index (κ2) is 8.32. The average Bonchev–Trinajstić information content (AvgIpc) is 2.08. The monoisotopic (exact) mass is 177 g/mol. The van der Waals surface area contributed by atoms with E-state index in [1.807, 2.05) is 18.2 Å². The van der Waals surface area contributed by atoms with Crippen molar-refractivity contribution < 1.29 is 0 Å². The molecule has 1 rings (SSSR count). The van der Waals surface area contributed by atoms with Gasteiger partial charge >= 0.3 is 0 Å². The number of anilines is 1. The van der Waals surface area contributed by atoms with E-state index >= 15 is 0 Å². The number of pyridine rings is 1. The van der Waals surface area contributed by atoms with Crippen molar-refractivity contribution >= 4 is 21.0 Å². The number of rotatable bonds is 2. The van der Waals surface area contributed by atoms with E-state index in [9.17, 15) is 0 Å². The van der Waals surface area contributed by atoms with Crippen molar-refractivity contribution in [3.63, 3.8) is 0 Å². The molecule has 12 heavy (non-hydrogen) atoms. The highest BCUT2D eigenvalue weighted by atomic mass is 27.1. The number of aromatic nitrogens is 1. The first kappa shape index (κ1) is 11.2. The van der Waals surface area contributed by atoms with E-state index < -0.39 is 0 Å². The van der Waals surface area contributed by atoms with Gasteiger partial charge in [0.1, 0.15) is 5.82 Å². The highest BCUT2D eigenvalue weighted by molar-refractivity contribution is 6.31. The molecule has 63 valence electrons. The molecular formula is C9H14AlN2. The summed E-state index contributed by atoms with van der Waals surface area (Å²) in [6.45, 7) is 3.50. The Bertz CT molecular complexity index is 199. The number of hydrogen-bond acceptors (Lipinski definition) is 2. The van der Waals surface area contributed by atoms with Gasteiger partial charge < -0.3 is 5.32 Å². The molecule has 0 saturated carbocycles. The second-order valence-corrected chi connectivity index (χ2v) is 3.30. The lowest BCUT2D eigenvalue weighted by atomic mass is 10.5. The summed E-state index contributed by atoms with van der Waals surface area (Å²) < 4.78 is 0. The van der Waals surface area contributed by atoms with Gasteiger partial charge in [-0.2, -0.15) is 0 Å². The number of nitrogens with zero attached hydrogens (tertiary/aromatic N) is 1. The van der Waals surface area contributed by atoms with Gasteiger partial charge in [-0.3, -0.25) is 0 Å². The third-order valence-corrected chi connectivity index (χ3v) is 0.915. The normalized spacial score (nSPS) is 7.50. The molecule has 0 unspecified atom stereocenters. The summed E-state index contributed by atoms with van der Waals surface area (Å²) in [4.78, 5) is 3.99. The SMILES string of the molecule is C=CNc1ccccn1.[CH3][Al][CH3]. The highest BCUT2D eigenvalue weighted by Crippen LogP contribution is 1.97. The van der Waals surface area contributed by atoms with Gasteiger partial charge in [0, 0.05) is 6.20 Å². The fourth-order valence-corrected chi connectivity index (χ4v) is 0.553. The lowest BCUT2D eigenvalue weighted by molar-refractivity contribution is 1.31. The number of nitrogens with one attached hydrogen (secondary N) is 1. The van der Waals surface area contributed by atoms with E-state index in [2.05, 4.69) is 28.5 Å². The van der Waals surface area contributed by atoms with Crippen molar-refractivity contribution in [1.82, 2.24) is 4.98 Å². The first-order chi connectivity index (χ1) is 5.85. The standard InChI is InChI=1S/C7H8N2.2CH3.Al/c1-2-8-7-5-3-4-6-9-7;;;/h2-6H,1H2,(H,8,9);2*1H3;. The minimum atomic E-state index is 0.750. The van der Waals surface area contributed by atoms with Crippen LogP contribution in [-0.2, 0) is 0 Å². The second-order valence-electron chi connectivity index (χ2n) is 2.14. The molecule has 0 aromatic carbocycles. The summed E-state index contributed by atoms with van der Waals surface area (Å²) in [5, 5.41) is 2.86. The molecule has 0 saturated heterocycles. The third-order valence-electron chi connectivity index (χ3n) is 0.915. The maximum absolute atomic E-state index is 3.99. The minimum absolute atomic E-state index is 0.750. The largest absolute Gasteiger partial charge is 0.347 e. The summed E-state index contributed by atoms with van der Waals surface area (Å²) in [6.07, 6.45) is 3.33. The van der Waals surface area contributed by atoms with E-state index in [-0.39, 0.29) is 0 Å². The molecule has 0 amide bonds. The molecule has 1 aromatic rings. The Labute approximate surface area is 80.4 Å². The van der Waals surface area contributed by atoms with Crippen LogP contribution in [0.5, 0.6) is 0 Å². The van der Waals surface area contributed by atoms with Crippen LogP contribution in [-0.4, -0.2) is 20.2 Å². The Morgan fingerprint density at radius 3 is 2.58 bits per heavy atom. The molecule has 3 heteroatoms. The maximum Gasteiger partial charge on any atom is 0.191 e. The van der Waals surface area contributed by atoms with Crippen molar-refractivity contribution in [3.05, 3.63) is 37.2 Å². The van der Waals surface area contributed by atoms with Crippen LogP contribution in [0.1, 0.15) is 0 Å². The molecule has 1 heterocycles. The highest BCUT2D eigenvalue weighted by Gasteiger charge is 1.81. The predicted molar refractivity (Wildman–Crippen MR) is 55.5 cm³/mol. The number of hydrogen-bond donors (Lipinski definition) is 1. The molecule has 0 aliphatic carbocycles. The Morgan fingerprint density at radius 1 is 1.50 bits per heavy atom. The Balaban J connectivity index is 0.000000354. The van der Waals surface area contributed by atoms with Gasteiger partial charge in [0.25, 0.3) is 0 Å². The van der Waals surface area contributed by atoms with Crippen molar-refractivity contribution in [2.45, 2.75) is 11.6 Å². The molecule has 0 aliphatic heterocycles. The zero-order valence-electron chi connectivity index (χ0n) is 7.62. The van der Waals surface area contributed by atoms with Crippen LogP contribution in [0.3, 0.4) is 0 Å². The van der Waals surface area contributed by atoms with Gasteiger partial charge in [0.15, 0.2) is 15.2 Å². The molecule has 2 nitrogen and oxygen atoms in total. The van der Waals surface area contributed by atoms with Gasteiger partial charge in [-0.25, -0.2) is 4.98 Å².